The summed E-state index contributed by atoms with van der Waals surface area (Å²) in [4.78, 5) is 11.2. The summed E-state index contributed by atoms with van der Waals surface area (Å²) in [6.45, 7) is 3.26. The van der Waals surface area contributed by atoms with Gasteiger partial charge in [0.25, 0.3) is 0 Å². The van der Waals surface area contributed by atoms with Crippen LogP contribution in [0.4, 0.5) is 4.39 Å². The molecule has 88 valence electrons. The zero-order valence-electron chi connectivity index (χ0n) is 9.42. The van der Waals surface area contributed by atoms with Crippen molar-refractivity contribution in [3.05, 3.63) is 35.6 Å². The van der Waals surface area contributed by atoms with Crippen molar-refractivity contribution in [1.82, 2.24) is 10.6 Å². The van der Waals surface area contributed by atoms with Crippen LogP contribution < -0.4 is 10.6 Å². The number of hydrogen-bond donors (Lipinski definition) is 2. The van der Waals surface area contributed by atoms with Gasteiger partial charge in [-0.2, -0.15) is 0 Å². The van der Waals surface area contributed by atoms with E-state index in [1.807, 2.05) is 6.92 Å². The Morgan fingerprint density at radius 3 is 2.81 bits per heavy atom. The van der Waals surface area contributed by atoms with Gasteiger partial charge in [-0.15, -0.1) is 0 Å². The van der Waals surface area contributed by atoms with E-state index in [0.717, 1.165) is 6.42 Å². The van der Waals surface area contributed by atoms with Gasteiger partial charge in [0, 0.05) is 18.7 Å². The number of rotatable bonds is 6. The van der Waals surface area contributed by atoms with Crippen LogP contribution in [0.15, 0.2) is 24.3 Å². The van der Waals surface area contributed by atoms with Crippen LogP contribution in [0.3, 0.4) is 0 Å². The Kier molecular flexibility index (Phi) is 5.50. The summed E-state index contributed by atoms with van der Waals surface area (Å²) < 4.78 is 13.2. The molecule has 1 rings (SSSR count). The second-order valence-electron chi connectivity index (χ2n) is 3.54. The van der Waals surface area contributed by atoms with Crippen LogP contribution in [0.5, 0.6) is 0 Å². The highest BCUT2D eigenvalue weighted by Gasteiger charge is 2.02. The highest BCUT2D eigenvalue weighted by atomic mass is 19.1. The summed E-state index contributed by atoms with van der Waals surface area (Å²) >= 11 is 0. The zero-order chi connectivity index (χ0) is 11.8. The number of benzene rings is 1. The minimum absolute atomic E-state index is 0.0572. The van der Waals surface area contributed by atoms with Crippen LogP contribution in [0.25, 0.3) is 0 Å². The van der Waals surface area contributed by atoms with E-state index in [-0.39, 0.29) is 18.3 Å². The molecular weight excluding hydrogens is 207 g/mol. The number of halogens is 1. The third-order valence-corrected chi connectivity index (χ3v) is 2.13. The van der Waals surface area contributed by atoms with Crippen LogP contribution in [0.1, 0.15) is 18.9 Å². The third-order valence-electron chi connectivity index (χ3n) is 2.13. The second-order valence-corrected chi connectivity index (χ2v) is 3.54. The normalized spacial score (nSPS) is 10.1. The van der Waals surface area contributed by atoms with Gasteiger partial charge < -0.3 is 10.6 Å². The predicted octanol–water partition coefficient (Wildman–Crippen LogP) is 1.44. The Morgan fingerprint density at radius 1 is 1.38 bits per heavy atom. The molecule has 4 heteroatoms. The maximum Gasteiger partial charge on any atom is 0.233 e. The van der Waals surface area contributed by atoms with Crippen LogP contribution in [-0.2, 0) is 11.3 Å². The molecule has 0 radical (unpaired) electrons. The molecule has 0 aliphatic rings. The largest absolute Gasteiger partial charge is 0.355 e. The fourth-order valence-electron chi connectivity index (χ4n) is 1.28. The summed E-state index contributed by atoms with van der Waals surface area (Å²) in [5, 5.41) is 5.64. The Labute approximate surface area is 95.0 Å². The van der Waals surface area contributed by atoms with E-state index in [1.165, 1.54) is 6.07 Å². The fourth-order valence-corrected chi connectivity index (χ4v) is 1.28. The first-order valence-corrected chi connectivity index (χ1v) is 5.45. The van der Waals surface area contributed by atoms with E-state index in [4.69, 9.17) is 0 Å². The molecule has 0 unspecified atom stereocenters. The average molecular weight is 224 g/mol. The lowest BCUT2D eigenvalue weighted by Gasteiger charge is -2.06. The molecule has 0 heterocycles. The molecule has 0 saturated carbocycles. The van der Waals surface area contributed by atoms with Gasteiger partial charge in [0.15, 0.2) is 0 Å². The first kappa shape index (κ1) is 12.6. The molecule has 0 spiro atoms. The summed E-state index contributed by atoms with van der Waals surface area (Å²) in [5.41, 5.74) is 0.575. The molecule has 0 bridgehead atoms. The first-order chi connectivity index (χ1) is 7.74. The molecule has 0 aliphatic heterocycles. The quantitative estimate of drug-likeness (QED) is 0.767. The third kappa shape index (κ3) is 4.40. The molecule has 0 atom stereocenters. The van der Waals surface area contributed by atoms with E-state index < -0.39 is 0 Å². The van der Waals surface area contributed by atoms with Gasteiger partial charge in [0.2, 0.25) is 5.91 Å². The van der Waals surface area contributed by atoms with Crippen LogP contribution in [-0.4, -0.2) is 19.0 Å². The molecule has 1 aromatic rings. The lowest BCUT2D eigenvalue weighted by atomic mass is 10.2. The van der Waals surface area contributed by atoms with Crippen LogP contribution in [0.2, 0.25) is 0 Å². The van der Waals surface area contributed by atoms with E-state index in [2.05, 4.69) is 10.6 Å². The number of amides is 1. The van der Waals surface area contributed by atoms with E-state index in [0.29, 0.717) is 18.7 Å². The Hall–Kier alpha value is -1.42. The van der Waals surface area contributed by atoms with Gasteiger partial charge >= 0.3 is 0 Å². The molecule has 0 saturated heterocycles. The molecular formula is C12H17FN2O. The van der Waals surface area contributed by atoms with Crippen molar-refractivity contribution in [2.45, 2.75) is 19.9 Å². The van der Waals surface area contributed by atoms with Crippen molar-refractivity contribution < 1.29 is 9.18 Å². The van der Waals surface area contributed by atoms with Gasteiger partial charge in [-0.1, -0.05) is 25.1 Å². The smallest absolute Gasteiger partial charge is 0.233 e. The van der Waals surface area contributed by atoms with E-state index >= 15 is 0 Å². The molecule has 1 aromatic carbocycles. The summed E-state index contributed by atoms with van der Waals surface area (Å²) in [6.07, 6.45) is 0.916. The van der Waals surface area contributed by atoms with Crippen LogP contribution >= 0.6 is 0 Å². The van der Waals surface area contributed by atoms with E-state index in [9.17, 15) is 9.18 Å². The SMILES string of the molecule is CCCNC(=O)CNCc1ccccc1F. The van der Waals surface area contributed by atoms with Crippen molar-refractivity contribution in [2.24, 2.45) is 0 Å². The van der Waals surface area contributed by atoms with E-state index in [1.54, 1.807) is 18.2 Å². The molecule has 0 aliphatic carbocycles. The number of carbonyl (C=O) groups excluding carboxylic acids is 1. The van der Waals surface area contributed by atoms with Crippen molar-refractivity contribution in [2.75, 3.05) is 13.1 Å². The molecule has 0 fully saturated rings. The molecule has 1 amide bonds. The molecule has 2 N–H and O–H groups in total. The average Bonchev–Trinajstić information content (AvgIpc) is 2.29. The highest BCUT2D eigenvalue weighted by Crippen LogP contribution is 2.04. The van der Waals surface area contributed by atoms with Crippen LogP contribution in [0, 0.1) is 5.82 Å². The lowest BCUT2D eigenvalue weighted by molar-refractivity contribution is -0.120. The number of nitrogens with one attached hydrogen (secondary N) is 2. The molecule has 0 aromatic heterocycles. The molecule has 16 heavy (non-hydrogen) atoms. The van der Waals surface area contributed by atoms with Crippen molar-refractivity contribution in [3.63, 3.8) is 0 Å². The minimum atomic E-state index is -0.246. The van der Waals surface area contributed by atoms with Gasteiger partial charge in [-0.25, -0.2) is 4.39 Å². The maximum absolute atomic E-state index is 13.2. The number of hydrogen-bond acceptors (Lipinski definition) is 2. The minimum Gasteiger partial charge on any atom is -0.355 e. The summed E-state index contributed by atoms with van der Waals surface area (Å²) in [6, 6.07) is 6.53. The second kappa shape index (κ2) is 6.95. The predicted molar refractivity (Wildman–Crippen MR) is 61.4 cm³/mol. The fraction of sp³-hybridized carbons (Fsp3) is 0.417. The van der Waals surface area contributed by atoms with Crippen molar-refractivity contribution in [1.29, 1.82) is 0 Å². The Bertz CT molecular complexity index is 342. The number of carbonyl (C=O) groups is 1. The Morgan fingerprint density at radius 2 is 2.12 bits per heavy atom. The summed E-state index contributed by atoms with van der Waals surface area (Å²) in [7, 11) is 0. The van der Waals surface area contributed by atoms with Gasteiger partial charge in [-0.3, -0.25) is 4.79 Å². The first-order valence-electron chi connectivity index (χ1n) is 5.45. The Balaban J connectivity index is 2.25. The van der Waals surface area contributed by atoms with Gasteiger partial charge in [-0.05, 0) is 12.5 Å². The van der Waals surface area contributed by atoms with Crippen molar-refractivity contribution >= 4 is 5.91 Å². The monoisotopic (exact) mass is 224 g/mol. The van der Waals surface area contributed by atoms with Gasteiger partial charge in [0.1, 0.15) is 5.82 Å². The highest BCUT2D eigenvalue weighted by molar-refractivity contribution is 5.77. The zero-order valence-corrected chi connectivity index (χ0v) is 9.42. The topological polar surface area (TPSA) is 41.1 Å². The van der Waals surface area contributed by atoms with Gasteiger partial charge in [0.05, 0.1) is 6.54 Å². The summed E-state index contributed by atoms with van der Waals surface area (Å²) in [5.74, 6) is -0.304. The van der Waals surface area contributed by atoms with Crippen molar-refractivity contribution in [3.8, 4) is 0 Å². The standard InChI is InChI=1S/C12H17FN2O/c1-2-7-15-12(16)9-14-8-10-5-3-4-6-11(10)13/h3-6,14H,2,7-9H2,1H3,(H,15,16). The lowest BCUT2D eigenvalue weighted by Crippen LogP contribution is -2.34. The maximum atomic E-state index is 13.2. The molecule has 3 nitrogen and oxygen atoms in total.